The van der Waals surface area contributed by atoms with Crippen LogP contribution in [0.1, 0.15) is 49.9 Å². The van der Waals surface area contributed by atoms with Crippen LogP contribution in [0.25, 0.3) is 0 Å². The second kappa shape index (κ2) is 5.57. The van der Waals surface area contributed by atoms with Crippen LogP contribution in [0, 0.1) is 5.41 Å². The zero-order valence-corrected chi connectivity index (χ0v) is 11.6. The number of rotatable bonds is 3. The van der Waals surface area contributed by atoms with Crippen molar-refractivity contribution in [2.75, 3.05) is 5.43 Å². The molecule has 1 aliphatic rings. The topological polar surface area (TPSA) is 80.0 Å². The van der Waals surface area contributed by atoms with Gasteiger partial charge in [-0.25, -0.2) is 10.8 Å². The fourth-order valence-electron chi connectivity index (χ4n) is 2.70. The van der Waals surface area contributed by atoms with Gasteiger partial charge in [-0.1, -0.05) is 26.7 Å². The van der Waals surface area contributed by atoms with E-state index in [1.807, 2.05) is 0 Å². The summed E-state index contributed by atoms with van der Waals surface area (Å²) in [7, 11) is 0. The fraction of sp³-hybridized carbons (Fsp3) is 0.571. The Morgan fingerprint density at radius 1 is 1.47 bits per heavy atom. The average molecular weight is 262 g/mol. The number of hydrogen-bond donors (Lipinski definition) is 3. The largest absolute Gasteiger partial charge is 0.349 e. The summed E-state index contributed by atoms with van der Waals surface area (Å²) >= 11 is 0. The Labute approximate surface area is 114 Å². The van der Waals surface area contributed by atoms with Crippen LogP contribution in [0.15, 0.2) is 18.3 Å². The third-order valence-corrected chi connectivity index (χ3v) is 4.00. The first-order valence-electron chi connectivity index (χ1n) is 6.77. The van der Waals surface area contributed by atoms with Crippen LogP contribution in [0.4, 0.5) is 5.82 Å². The van der Waals surface area contributed by atoms with E-state index in [-0.39, 0.29) is 17.4 Å². The third-order valence-electron chi connectivity index (χ3n) is 4.00. The second-order valence-electron chi connectivity index (χ2n) is 5.80. The molecule has 0 aromatic carbocycles. The number of carbonyl (C=O) groups excluding carboxylic acids is 1. The van der Waals surface area contributed by atoms with Gasteiger partial charge in [-0.3, -0.25) is 4.79 Å². The van der Waals surface area contributed by atoms with Gasteiger partial charge in [0.05, 0.1) is 5.56 Å². The molecule has 1 saturated carbocycles. The van der Waals surface area contributed by atoms with Crippen molar-refractivity contribution in [1.29, 1.82) is 0 Å². The lowest BCUT2D eigenvalue weighted by molar-refractivity contribution is 0.0854. The molecular formula is C14H22N4O. The summed E-state index contributed by atoms with van der Waals surface area (Å²) < 4.78 is 0. The minimum Gasteiger partial charge on any atom is -0.349 e. The highest BCUT2D eigenvalue weighted by Crippen LogP contribution is 2.35. The highest BCUT2D eigenvalue weighted by molar-refractivity contribution is 5.98. The Morgan fingerprint density at radius 3 is 2.95 bits per heavy atom. The van der Waals surface area contributed by atoms with Gasteiger partial charge in [-0.15, -0.1) is 0 Å². The maximum atomic E-state index is 12.3. The normalized spacial score (nSPS) is 21.7. The average Bonchev–Trinajstić information content (AvgIpc) is 2.41. The van der Waals surface area contributed by atoms with E-state index in [0.29, 0.717) is 11.4 Å². The third kappa shape index (κ3) is 3.04. The number of anilines is 1. The smallest absolute Gasteiger partial charge is 0.255 e. The van der Waals surface area contributed by atoms with Gasteiger partial charge in [0.15, 0.2) is 5.82 Å². The molecule has 5 nitrogen and oxygen atoms in total. The van der Waals surface area contributed by atoms with E-state index in [0.717, 1.165) is 12.8 Å². The molecule has 2 rings (SSSR count). The molecule has 1 heterocycles. The lowest BCUT2D eigenvalue weighted by Gasteiger charge is -2.39. The van der Waals surface area contributed by atoms with Crippen LogP contribution in [0.2, 0.25) is 0 Å². The Bertz CT molecular complexity index is 459. The lowest BCUT2D eigenvalue weighted by atomic mass is 9.73. The predicted octanol–water partition coefficient (Wildman–Crippen LogP) is 2.07. The predicted molar refractivity (Wildman–Crippen MR) is 75.6 cm³/mol. The van der Waals surface area contributed by atoms with E-state index in [4.69, 9.17) is 5.84 Å². The van der Waals surface area contributed by atoms with Gasteiger partial charge in [0.2, 0.25) is 0 Å². The van der Waals surface area contributed by atoms with Gasteiger partial charge in [0.25, 0.3) is 5.91 Å². The number of pyridine rings is 1. The number of nitrogen functional groups attached to an aromatic ring is 1. The lowest BCUT2D eigenvalue weighted by Crippen LogP contribution is -2.47. The molecule has 104 valence electrons. The minimum absolute atomic E-state index is 0.110. The summed E-state index contributed by atoms with van der Waals surface area (Å²) in [5, 5.41) is 3.13. The number of carbonyl (C=O) groups is 1. The number of aromatic nitrogens is 1. The number of hydrazine groups is 1. The number of nitrogens with two attached hydrogens (primary N) is 1. The van der Waals surface area contributed by atoms with Crippen molar-refractivity contribution in [3.8, 4) is 0 Å². The Kier molecular flexibility index (Phi) is 4.04. The molecule has 1 atom stereocenters. The monoisotopic (exact) mass is 262 g/mol. The molecule has 1 aromatic heterocycles. The van der Waals surface area contributed by atoms with Crippen LogP contribution in [0.5, 0.6) is 0 Å². The van der Waals surface area contributed by atoms with Gasteiger partial charge in [0.1, 0.15) is 0 Å². The zero-order valence-electron chi connectivity index (χ0n) is 11.6. The fourth-order valence-corrected chi connectivity index (χ4v) is 2.70. The van der Waals surface area contributed by atoms with Crippen molar-refractivity contribution in [3.05, 3.63) is 23.9 Å². The molecule has 0 spiro atoms. The van der Waals surface area contributed by atoms with Crippen molar-refractivity contribution in [3.63, 3.8) is 0 Å². The van der Waals surface area contributed by atoms with Crippen molar-refractivity contribution in [1.82, 2.24) is 10.3 Å². The zero-order chi connectivity index (χ0) is 13.9. The molecule has 0 radical (unpaired) electrons. The van der Waals surface area contributed by atoms with Crippen LogP contribution >= 0.6 is 0 Å². The number of nitrogens with one attached hydrogen (secondary N) is 2. The van der Waals surface area contributed by atoms with E-state index in [2.05, 4.69) is 29.6 Å². The summed E-state index contributed by atoms with van der Waals surface area (Å²) in [5.74, 6) is 5.68. The Balaban J connectivity index is 2.12. The van der Waals surface area contributed by atoms with E-state index in [1.165, 1.54) is 12.8 Å². The van der Waals surface area contributed by atoms with Gasteiger partial charge in [0, 0.05) is 12.2 Å². The summed E-state index contributed by atoms with van der Waals surface area (Å²) in [5.41, 5.74) is 3.10. The molecule has 1 aromatic rings. The highest BCUT2D eigenvalue weighted by atomic mass is 16.1. The van der Waals surface area contributed by atoms with Gasteiger partial charge in [-0.05, 0) is 30.4 Å². The first kappa shape index (κ1) is 13.8. The number of amides is 1. The van der Waals surface area contributed by atoms with Gasteiger partial charge in [-0.2, -0.15) is 0 Å². The molecule has 19 heavy (non-hydrogen) atoms. The van der Waals surface area contributed by atoms with E-state index in [9.17, 15) is 4.79 Å². The molecule has 0 saturated heterocycles. The molecule has 1 unspecified atom stereocenters. The molecule has 1 aliphatic carbocycles. The molecule has 1 fully saturated rings. The molecule has 4 N–H and O–H groups in total. The molecule has 0 bridgehead atoms. The van der Waals surface area contributed by atoms with Crippen LogP contribution < -0.4 is 16.6 Å². The summed E-state index contributed by atoms with van der Waals surface area (Å²) in [6, 6.07) is 3.68. The molecule has 1 amide bonds. The SMILES string of the molecule is CC1(C)CCCCC1NC(=O)c1cccnc1NN. The quantitative estimate of drug-likeness (QED) is 0.575. The first-order valence-corrected chi connectivity index (χ1v) is 6.77. The van der Waals surface area contributed by atoms with E-state index < -0.39 is 0 Å². The van der Waals surface area contributed by atoms with Crippen LogP contribution in [-0.4, -0.2) is 16.9 Å². The molecule has 0 aliphatic heterocycles. The number of nitrogens with zero attached hydrogens (tertiary/aromatic N) is 1. The van der Waals surface area contributed by atoms with Crippen LogP contribution in [-0.2, 0) is 0 Å². The minimum atomic E-state index is -0.110. The molecular weight excluding hydrogens is 240 g/mol. The van der Waals surface area contributed by atoms with Crippen molar-refractivity contribution in [2.24, 2.45) is 11.3 Å². The maximum Gasteiger partial charge on any atom is 0.255 e. The van der Waals surface area contributed by atoms with E-state index >= 15 is 0 Å². The highest BCUT2D eigenvalue weighted by Gasteiger charge is 2.33. The summed E-state index contributed by atoms with van der Waals surface area (Å²) in [6.07, 6.45) is 6.19. The van der Waals surface area contributed by atoms with E-state index in [1.54, 1.807) is 18.3 Å². The van der Waals surface area contributed by atoms with Crippen molar-refractivity contribution < 1.29 is 4.79 Å². The van der Waals surface area contributed by atoms with Crippen molar-refractivity contribution >= 4 is 11.7 Å². The van der Waals surface area contributed by atoms with Crippen molar-refractivity contribution in [2.45, 2.75) is 45.6 Å². The van der Waals surface area contributed by atoms with Gasteiger partial charge < -0.3 is 10.7 Å². The maximum absolute atomic E-state index is 12.3. The Morgan fingerprint density at radius 2 is 2.26 bits per heavy atom. The molecule has 5 heteroatoms. The summed E-state index contributed by atoms with van der Waals surface area (Å²) in [6.45, 7) is 4.42. The standard InChI is InChI=1S/C14H22N4O/c1-14(2)8-4-3-7-11(14)17-13(19)10-6-5-9-16-12(10)18-15/h5-6,9,11H,3-4,7-8,15H2,1-2H3,(H,16,18)(H,17,19). The van der Waals surface area contributed by atoms with Crippen LogP contribution in [0.3, 0.4) is 0 Å². The second-order valence-corrected chi connectivity index (χ2v) is 5.80. The summed E-state index contributed by atoms with van der Waals surface area (Å²) in [4.78, 5) is 16.4. The first-order chi connectivity index (χ1) is 9.04. The number of hydrogen-bond acceptors (Lipinski definition) is 4. The van der Waals surface area contributed by atoms with Gasteiger partial charge >= 0.3 is 0 Å². The Hall–Kier alpha value is -1.62.